The fraction of sp³-hybridized carbons (Fsp3) is 0.556. The second-order valence-electron chi connectivity index (χ2n) is 7.11. The lowest BCUT2D eigenvalue weighted by molar-refractivity contribution is -0.162. The molecule has 1 saturated heterocycles. The molecule has 9 heteroatoms. The lowest BCUT2D eigenvalue weighted by Gasteiger charge is -2.35. The maximum Gasteiger partial charge on any atom is 0.397 e. The molecule has 0 atom stereocenters. The summed E-state index contributed by atoms with van der Waals surface area (Å²) in [5.74, 6) is -0.936. The molecule has 2 fully saturated rings. The summed E-state index contributed by atoms with van der Waals surface area (Å²) in [5.41, 5.74) is 1.14. The molecule has 27 heavy (non-hydrogen) atoms. The summed E-state index contributed by atoms with van der Waals surface area (Å²) in [4.78, 5) is 26.7. The lowest BCUT2D eigenvalue weighted by Crippen LogP contribution is -2.54. The maximum atomic E-state index is 12.4. The van der Waals surface area contributed by atoms with Gasteiger partial charge in [-0.1, -0.05) is 28.1 Å². The van der Waals surface area contributed by atoms with E-state index in [4.69, 9.17) is 0 Å². The van der Waals surface area contributed by atoms with E-state index in [1.54, 1.807) is 4.90 Å². The van der Waals surface area contributed by atoms with Gasteiger partial charge < -0.3 is 15.1 Å². The molecule has 2 aliphatic rings. The molecule has 3 rings (SSSR count). The van der Waals surface area contributed by atoms with Gasteiger partial charge in [0, 0.05) is 42.6 Å². The first-order valence-electron chi connectivity index (χ1n) is 8.82. The molecular weight excluding hydrogens is 427 g/mol. The number of piperazine rings is 1. The van der Waals surface area contributed by atoms with Gasteiger partial charge in [-0.05, 0) is 30.5 Å². The Balaban J connectivity index is 1.47. The van der Waals surface area contributed by atoms with E-state index < -0.39 is 18.5 Å². The van der Waals surface area contributed by atoms with E-state index in [2.05, 4.69) is 33.4 Å². The number of hydrogen-bond donors (Lipinski definition) is 1. The van der Waals surface area contributed by atoms with Crippen LogP contribution >= 0.6 is 15.9 Å². The SMILES string of the molecule is O=C(CC(F)(F)F)N1CCN(C(=O)NCC2(c3cccc(Br)c3)CC2)CC1. The van der Waals surface area contributed by atoms with Crippen LogP contribution in [0.1, 0.15) is 24.8 Å². The molecule has 5 nitrogen and oxygen atoms in total. The Morgan fingerprint density at radius 1 is 1.11 bits per heavy atom. The van der Waals surface area contributed by atoms with Crippen LogP contribution in [-0.2, 0) is 10.2 Å². The van der Waals surface area contributed by atoms with E-state index in [0.29, 0.717) is 6.54 Å². The highest BCUT2D eigenvalue weighted by atomic mass is 79.9. The molecule has 148 valence electrons. The van der Waals surface area contributed by atoms with Gasteiger partial charge in [-0.2, -0.15) is 13.2 Å². The van der Waals surface area contributed by atoms with Gasteiger partial charge in [0.15, 0.2) is 0 Å². The quantitative estimate of drug-likeness (QED) is 0.769. The third-order valence-electron chi connectivity index (χ3n) is 5.14. The topological polar surface area (TPSA) is 52.7 Å². The van der Waals surface area contributed by atoms with E-state index in [0.717, 1.165) is 17.3 Å². The molecule has 0 radical (unpaired) electrons. The highest BCUT2D eigenvalue weighted by molar-refractivity contribution is 9.10. The summed E-state index contributed by atoms with van der Waals surface area (Å²) in [7, 11) is 0. The normalized spacial score (nSPS) is 19.0. The zero-order valence-electron chi connectivity index (χ0n) is 14.7. The van der Waals surface area contributed by atoms with Gasteiger partial charge in [-0.3, -0.25) is 4.79 Å². The van der Waals surface area contributed by atoms with Crippen molar-refractivity contribution in [1.29, 1.82) is 0 Å². The Morgan fingerprint density at radius 2 is 1.74 bits per heavy atom. The van der Waals surface area contributed by atoms with Gasteiger partial charge in [0.25, 0.3) is 0 Å². The summed E-state index contributed by atoms with van der Waals surface area (Å²) in [5, 5.41) is 2.94. The number of halogens is 4. The molecule has 0 aromatic heterocycles. The van der Waals surface area contributed by atoms with Crippen molar-refractivity contribution in [1.82, 2.24) is 15.1 Å². The van der Waals surface area contributed by atoms with Gasteiger partial charge >= 0.3 is 12.2 Å². The molecule has 1 saturated carbocycles. The Hall–Kier alpha value is -1.77. The van der Waals surface area contributed by atoms with Crippen LogP contribution in [0.4, 0.5) is 18.0 Å². The summed E-state index contributed by atoms with van der Waals surface area (Å²) < 4.78 is 38.0. The fourth-order valence-electron chi connectivity index (χ4n) is 3.34. The van der Waals surface area contributed by atoms with Gasteiger partial charge in [-0.25, -0.2) is 4.79 Å². The van der Waals surface area contributed by atoms with Crippen LogP contribution in [-0.4, -0.2) is 60.6 Å². The fourth-order valence-corrected chi connectivity index (χ4v) is 3.73. The van der Waals surface area contributed by atoms with Crippen LogP contribution in [0, 0.1) is 0 Å². The highest BCUT2D eigenvalue weighted by Gasteiger charge is 2.44. The number of carbonyl (C=O) groups excluding carboxylic acids is 2. The third-order valence-corrected chi connectivity index (χ3v) is 5.63. The number of carbonyl (C=O) groups is 2. The van der Waals surface area contributed by atoms with E-state index >= 15 is 0 Å². The van der Waals surface area contributed by atoms with Gasteiger partial charge in [0.2, 0.25) is 5.91 Å². The van der Waals surface area contributed by atoms with Crippen molar-refractivity contribution in [2.45, 2.75) is 30.9 Å². The minimum Gasteiger partial charge on any atom is -0.339 e. The number of hydrogen-bond acceptors (Lipinski definition) is 2. The smallest absolute Gasteiger partial charge is 0.339 e. The van der Waals surface area contributed by atoms with E-state index in [9.17, 15) is 22.8 Å². The first-order chi connectivity index (χ1) is 12.7. The maximum absolute atomic E-state index is 12.4. The van der Waals surface area contributed by atoms with Gasteiger partial charge in [-0.15, -0.1) is 0 Å². The van der Waals surface area contributed by atoms with Crippen molar-refractivity contribution in [3.05, 3.63) is 34.3 Å². The minimum absolute atomic E-state index is 0.0378. The molecule has 1 N–H and O–H groups in total. The minimum atomic E-state index is -4.50. The van der Waals surface area contributed by atoms with Crippen molar-refractivity contribution in [3.8, 4) is 0 Å². The summed E-state index contributed by atoms with van der Waals surface area (Å²) >= 11 is 3.46. The molecule has 0 spiro atoms. The second kappa shape index (κ2) is 7.69. The standard InChI is InChI=1S/C18H21BrF3N3O2/c19-14-3-1-2-13(10-14)17(4-5-17)12-23-16(27)25-8-6-24(7-9-25)15(26)11-18(20,21)22/h1-3,10H,4-9,11-12H2,(H,23,27). The average Bonchev–Trinajstić information content (AvgIpc) is 3.40. The molecule has 0 bridgehead atoms. The predicted octanol–water partition coefficient (Wildman–Crippen LogP) is 3.29. The Morgan fingerprint density at radius 3 is 2.30 bits per heavy atom. The average molecular weight is 448 g/mol. The molecule has 1 aromatic rings. The Bertz CT molecular complexity index is 714. The lowest BCUT2D eigenvalue weighted by atomic mass is 9.96. The second-order valence-corrected chi connectivity index (χ2v) is 8.02. The Labute approximate surface area is 164 Å². The highest BCUT2D eigenvalue weighted by Crippen LogP contribution is 2.48. The van der Waals surface area contributed by atoms with Crippen LogP contribution in [0.15, 0.2) is 28.7 Å². The monoisotopic (exact) mass is 447 g/mol. The summed E-state index contributed by atoms with van der Waals surface area (Å²) in [6.45, 7) is 1.24. The number of rotatable bonds is 4. The zero-order chi connectivity index (χ0) is 19.7. The number of amides is 3. The van der Waals surface area contributed by atoms with Crippen molar-refractivity contribution in [2.75, 3.05) is 32.7 Å². The van der Waals surface area contributed by atoms with Crippen LogP contribution < -0.4 is 5.32 Å². The van der Waals surface area contributed by atoms with Gasteiger partial charge in [0.05, 0.1) is 0 Å². The van der Waals surface area contributed by atoms with Crippen LogP contribution in [0.2, 0.25) is 0 Å². The van der Waals surface area contributed by atoms with Crippen molar-refractivity contribution in [2.24, 2.45) is 0 Å². The molecule has 3 amide bonds. The Kier molecular flexibility index (Phi) is 5.69. The van der Waals surface area contributed by atoms with Crippen LogP contribution in [0.3, 0.4) is 0 Å². The van der Waals surface area contributed by atoms with Gasteiger partial charge in [0.1, 0.15) is 6.42 Å². The molecule has 0 unspecified atom stereocenters. The predicted molar refractivity (Wildman–Crippen MR) is 97.3 cm³/mol. The number of benzene rings is 1. The van der Waals surface area contributed by atoms with Crippen molar-refractivity contribution in [3.63, 3.8) is 0 Å². The van der Waals surface area contributed by atoms with E-state index in [-0.39, 0.29) is 37.6 Å². The summed E-state index contributed by atoms with van der Waals surface area (Å²) in [6.07, 6.45) is -3.95. The van der Waals surface area contributed by atoms with Crippen molar-refractivity contribution >= 4 is 27.9 Å². The molecular formula is C18H21BrF3N3O2. The molecule has 1 aliphatic heterocycles. The van der Waals surface area contributed by atoms with E-state index in [1.807, 2.05) is 12.1 Å². The number of nitrogens with zero attached hydrogens (tertiary/aromatic N) is 2. The first-order valence-corrected chi connectivity index (χ1v) is 9.61. The van der Waals surface area contributed by atoms with Crippen LogP contribution in [0.5, 0.6) is 0 Å². The third kappa shape index (κ3) is 5.15. The number of alkyl halides is 3. The molecule has 1 aromatic carbocycles. The summed E-state index contributed by atoms with van der Waals surface area (Å²) in [6, 6.07) is 7.80. The molecule has 1 heterocycles. The van der Waals surface area contributed by atoms with Crippen molar-refractivity contribution < 1.29 is 22.8 Å². The molecule has 1 aliphatic carbocycles. The zero-order valence-corrected chi connectivity index (χ0v) is 16.3. The largest absolute Gasteiger partial charge is 0.397 e. The van der Waals surface area contributed by atoms with E-state index in [1.165, 1.54) is 10.5 Å². The first kappa shape index (κ1) is 20.0. The van der Waals surface area contributed by atoms with Crippen LogP contribution in [0.25, 0.3) is 0 Å². The number of nitrogens with one attached hydrogen (secondary N) is 1. The number of urea groups is 1.